The van der Waals surface area contributed by atoms with Gasteiger partial charge in [-0.05, 0) is 49.4 Å². The van der Waals surface area contributed by atoms with Crippen LogP contribution in [-0.4, -0.2) is 44.0 Å². The maximum absolute atomic E-state index is 13.6. The maximum atomic E-state index is 13.6. The lowest BCUT2D eigenvalue weighted by atomic mass is 10.0. The van der Waals surface area contributed by atoms with Gasteiger partial charge in [0.15, 0.2) is 0 Å². The number of anilines is 1. The van der Waals surface area contributed by atoms with Crippen LogP contribution in [0.3, 0.4) is 0 Å². The molecule has 1 aliphatic rings. The van der Waals surface area contributed by atoms with Crippen molar-refractivity contribution in [3.05, 3.63) is 65.2 Å². The Kier molecular flexibility index (Phi) is 6.99. The molecule has 0 saturated carbocycles. The normalized spacial score (nSPS) is 13.5. The summed E-state index contributed by atoms with van der Waals surface area (Å²) in [6.45, 7) is 3.45. The highest BCUT2D eigenvalue weighted by Gasteiger charge is 2.28. The van der Waals surface area contributed by atoms with Crippen molar-refractivity contribution in [2.24, 2.45) is 0 Å². The number of likely N-dealkylation sites (tertiary alicyclic amines) is 1. The predicted molar refractivity (Wildman–Crippen MR) is 132 cm³/mol. The van der Waals surface area contributed by atoms with E-state index in [-0.39, 0.29) is 11.8 Å². The van der Waals surface area contributed by atoms with E-state index in [0.717, 1.165) is 48.4 Å². The Bertz CT molecular complexity index is 1150. The molecule has 33 heavy (non-hydrogen) atoms. The third-order valence-electron chi connectivity index (χ3n) is 5.92. The van der Waals surface area contributed by atoms with E-state index >= 15 is 0 Å². The Labute approximate surface area is 198 Å². The van der Waals surface area contributed by atoms with E-state index in [0.29, 0.717) is 27.6 Å². The summed E-state index contributed by atoms with van der Waals surface area (Å²) in [5, 5.41) is 3.56. The fourth-order valence-corrected chi connectivity index (χ4v) is 5.34. The third kappa shape index (κ3) is 4.73. The van der Waals surface area contributed by atoms with E-state index in [1.807, 2.05) is 42.2 Å². The predicted octanol–water partition coefficient (Wildman–Crippen LogP) is 5.62. The number of benzene rings is 2. The smallest absolute Gasteiger partial charge is 0.260 e. The number of carbonyl (C=O) groups excluding carboxylic acids is 2. The molecular weight excluding hydrogens is 436 g/mol. The van der Waals surface area contributed by atoms with E-state index in [1.165, 1.54) is 18.4 Å². The summed E-state index contributed by atoms with van der Waals surface area (Å²) in [5.41, 5.74) is 2.86. The molecule has 172 valence electrons. The van der Waals surface area contributed by atoms with Crippen LogP contribution in [0.4, 0.5) is 5.00 Å². The number of nitrogens with one attached hydrogen (secondary N) is 1. The minimum atomic E-state index is -0.331. The number of nitrogens with zero attached hydrogens (tertiary/aromatic N) is 1. The minimum absolute atomic E-state index is 0.0253. The summed E-state index contributed by atoms with van der Waals surface area (Å²) in [5.74, 6) is 0.653. The lowest BCUT2D eigenvalue weighted by molar-refractivity contribution is 0.0725. The average Bonchev–Trinajstić information content (AvgIpc) is 3.19. The second kappa shape index (κ2) is 10.1. The van der Waals surface area contributed by atoms with Gasteiger partial charge in [0.25, 0.3) is 11.8 Å². The number of amides is 2. The quantitative estimate of drug-likeness (QED) is 0.514. The monoisotopic (exact) mass is 464 g/mol. The molecule has 1 aromatic heterocycles. The van der Waals surface area contributed by atoms with Gasteiger partial charge in [0, 0.05) is 24.0 Å². The highest BCUT2D eigenvalue weighted by Crippen LogP contribution is 2.41. The Hall–Kier alpha value is -3.32. The molecule has 7 heteroatoms. The zero-order valence-corrected chi connectivity index (χ0v) is 20.0. The van der Waals surface area contributed by atoms with E-state index in [4.69, 9.17) is 9.47 Å². The number of thiophene rings is 1. The molecule has 0 aliphatic carbocycles. The number of piperidine rings is 1. The summed E-state index contributed by atoms with van der Waals surface area (Å²) in [6, 6.07) is 15.0. The van der Waals surface area contributed by atoms with Gasteiger partial charge < -0.3 is 19.7 Å². The molecule has 6 nitrogen and oxygen atoms in total. The van der Waals surface area contributed by atoms with Crippen molar-refractivity contribution in [2.45, 2.75) is 26.2 Å². The van der Waals surface area contributed by atoms with Crippen LogP contribution in [0.5, 0.6) is 11.5 Å². The highest BCUT2D eigenvalue weighted by molar-refractivity contribution is 7.20. The Morgan fingerprint density at radius 3 is 2.36 bits per heavy atom. The molecule has 2 amide bonds. The molecule has 2 heterocycles. The molecule has 1 fully saturated rings. The molecule has 0 bridgehead atoms. The first-order chi connectivity index (χ1) is 16.0. The van der Waals surface area contributed by atoms with Crippen LogP contribution in [0.25, 0.3) is 10.4 Å². The summed E-state index contributed by atoms with van der Waals surface area (Å²) in [6.07, 6.45) is 3.15. The molecule has 0 unspecified atom stereocenters. The zero-order chi connectivity index (χ0) is 23.4. The second-order valence-corrected chi connectivity index (χ2v) is 9.02. The van der Waals surface area contributed by atoms with Gasteiger partial charge in [0.05, 0.1) is 25.3 Å². The lowest BCUT2D eigenvalue weighted by Crippen LogP contribution is -2.36. The number of carbonyl (C=O) groups is 2. The lowest BCUT2D eigenvalue weighted by Gasteiger charge is -2.27. The second-order valence-electron chi connectivity index (χ2n) is 8.00. The van der Waals surface area contributed by atoms with Crippen molar-refractivity contribution in [1.82, 2.24) is 4.90 Å². The van der Waals surface area contributed by atoms with Crippen molar-refractivity contribution >= 4 is 28.2 Å². The van der Waals surface area contributed by atoms with Gasteiger partial charge in [-0.15, -0.1) is 11.3 Å². The summed E-state index contributed by atoms with van der Waals surface area (Å²) in [7, 11) is 3.08. The molecule has 1 N–H and O–H groups in total. The molecule has 2 aromatic carbocycles. The standard InChI is InChI=1S/C26H28N2O4S/c1-17-22(26(30)28-14-8-5-9-15-28)25(33-23(17)18-10-6-4-7-11-18)27-24(29)20-13-12-19(31-2)16-21(20)32-3/h4,6-7,10-13,16H,5,8-9,14-15H2,1-3H3,(H,27,29). The van der Waals surface area contributed by atoms with Crippen LogP contribution in [0.15, 0.2) is 48.5 Å². The maximum Gasteiger partial charge on any atom is 0.260 e. The van der Waals surface area contributed by atoms with Crippen LogP contribution in [0.1, 0.15) is 45.5 Å². The number of ether oxygens (including phenoxy) is 2. The van der Waals surface area contributed by atoms with Gasteiger partial charge in [-0.2, -0.15) is 0 Å². The Morgan fingerprint density at radius 2 is 1.70 bits per heavy atom. The van der Waals surface area contributed by atoms with Crippen molar-refractivity contribution in [2.75, 3.05) is 32.6 Å². The molecule has 0 spiro atoms. The van der Waals surface area contributed by atoms with Crippen LogP contribution in [0, 0.1) is 6.92 Å². The van der Waals surface area contributed by atoms with Gasteiger partial charge in [-0.3, -0.25) is 9.59 Å². The topological polar surface area (TPSA) is 67.9 Å². The van der Waals surface area contributed by atoms with Crippen molar-refractivity contribution in [3.63, 3.8) is 0 Å². The Morgan fingerprint density at radius 1 is 0.970 bits per heavy atom. The molecule has 1 aliphatic heterocycles. The van der Waals surface area contributed by atoms with E-state index < -0.39 is 0 Å². The van der Waals surface area contributed by atoms with Crippen LogP contribution >= 0.6 is 11.3 Å². The number of hydrogen-bond acceptors (Lipinski definition) is 5. The first-order valence-corrected chi connectivity index (χ1v) is 11.9. The number of methoxy groups -OCH3 is 2. The van der Waals surface area contributed by atoms with Gasteiger partial charge in [-0.25, -0.2) is 0 Å². The molecule has 0 radical (unpaired) electrons. The van der Waals surface area contributed by atoms with E-state index in [1.54, 1.807) is 25.3 Å². The van der Waals surface area contributed by atoms with Crippen molar-refractivity contribution < 1.29 is 19.1 Å². The summed E-state index contributed by atoms with van der Waals surface area (Å²) < 4.78 is 10.6. The van der Waals surface area contributed by atoms with E-state index in [9.17, 15) is 9.59 Å². The fourth-order valence-electron chi connectivity index (χ4n) is 4.14. The van der Waals surface area contributed by atoms with Gasteiger partial charge in [0.2, 0.25) is 0 Å². The molecule has 0 atom stereocenters. The van der Waals surface area contributed by atoms with Crippen LogP contribution in [0.2, 0.25) is 0 Å². The van der Waals surface area contributed by atoms with E-state index in [2.05, 4.69) is 5.32 Å². The zero-order valence-electron chi connectivity index (χ0n) is 19.1. The highest BCUT2D eigenvalue weighted by atomic mass is 32.1. The molecule has 1 saturated heterocycles. The average molecular weight is 465 g/mol. The van der Waals surface area contributed by atoms with Gasteiger partial charge in [-0.1, -0.05) is 30.3 Å². The fraction of sp³-hybridized carbons (Fsp3) is 0.308. The Balaban J connectivity index is 1.73. The third-order valence-corrected chi connectivity index (χ3v) is 7.18. The van der Waals surface area contributed by atoms with Crippen molar-refractivity contribution in [3.8, 4) is 21.9 Å². The van der Waals surface area contributed by atoms with Gasteiger partial charge in [0.1, 0.15) is 16.5 Å². The first-order valence-electron chi connectivity index (χ1n) is 11.0. The minimum Gasteiger partial charge on any atom is -0.497 e. The largest absolute Gasteiger partial charge is 0.497 e. The van der Waals surface area contributed by atoms with Crippen LogP contribution in [-0.2, 0) is 0 Å². The number of hydrogen-bond donors (Lipinski definition) is 1. The first kappa shape index (κ1) is 22.9. The van der Waals surface area contributed by atoms with Crippen LogP contribution < -0.4 is 14.8 Å². The number of rotatable bonds is 6. The van der Waals surface area contributed by atoms with Gasteiger partial charge >= 0.3 is 0 Å². The van der Waals surface area contributed by atoms with Crippen molar-refractivity contribution in [1.29, 1.82) is 0 Å². The summed E-state index contributed by atoms with van der Waals surface area (Å²) >= 11 is 1.43. The molecular formula is C26H28N2O4S. The SMILES string of the molecule is COc1ccc(C(=O)Nc2sc(-c3ccccc3)c(C)c2C(=O)N2CCCCC2)c(OC)c1. The molecule has 4 rings (SSSR count). The summed E-state index contributed by atoms with van der Waals surface area (Å²) in [4.78, 5) is 29.7. The molecule has 3 aromatic rings.